The molecule has 28 heavy (non-hydrogen) atoms. The van der Waals surface area contributed by atoms with Crippen molar-refractivity contribution in [1.82, 2.24) is 9.97 Å². The first-order chi connectivity index (χ1) is 13.7. The van der Waals surface area contributed by atoms with Gasteiger partial charge in [0.05, 0.1) is 11.3 Å². The molecule has 0 atom stereocenters. The van der Waals surface area contributed by atoms with Crippen molar-refractivity contribution < 1.29 is 0 Å². The molecule has 0 radical (unpaired) electrons. The molecule has 0 unspecified atom stereocenters. The average Bonchev–Trinajstić information content (AvgIpc) is 2.74. The molecule has 0 bridgehead atoms. The summed E-state index contributed by atoms with van der Waals surface area (Å²) in [6.07, 6.45) is 1.76. The third-order valence-electron chi connectivity index (χ3n) is 4.88. The Labute approximate surface area is 165 Å². The van der Waals surface area contributed by atoms with Gasteiger partial charge in [0.15, 0.2) is 0 Å². The van der Waals surface area contributed by atoms with E-state index in [1.165, 1.54) is 11.3 Å². The Bertz CT molecular complexity index is 1000. The van der Waals surface area contributed by atoms with Gasteiger partial charge in [0.25, 0.3) is 0 Å². The Kier molecular flexibility index (Phi) is 5.07. The van der Waals surface area contributed by atoms with Gasteiger partial charge in [-0.1, -0.05) is 24.3 Å². The fraction of sp³-hybridized carbons (Fsp3) is 0.227. The Balaban J connectivity index is 1.45. The number of aromatic nitrogens is 2. The molecule has 1 fully saturated rings. The van der Waals surface area contributed by atoms with Crippen LogP contribution in [0.25, 0.3) is 0 Å². The monoisotopic (exact) mass is 370 g/mol. The van der Waals surface area contributed by atoms with Crippen molar-refractivity contribution in [1.29, 1.82) is 5.26 Å². The van der Waals surface area contributed by atoms with Gasteiger partial charge in [-0.3, -0.25) is 0 Å². The van der Waals surface area contributed by atoms with Crippen LogP contribution in [-0.2, 0) is 0 Å². The van der Waals surface area contributed by atoms with E-state index in [-0.39, 0.29) is 0 Å². The number of anilines is 4. The molecule has 1 saturated heterocycles. The van der Waals surface area contributed by atoms with Crippen LogP contribution < -0.4 is 15.1 Å². The summed E-state index contributed by atoms with van der Waals surface area (Å²) in [5, 5.41) is 12.5. The number of piperazine rings is 1. The molecule has 0 spiro atoms. The highest BCUT2D eigenvalue weighted by Gasteiger charge is 2.19. The first kappa shape index (κ1) is 17.8. The minimum atomic E-state index is 0.592. The van der Waals surface area contributed by atoms with E-state index >= 15 is 0 Å². The van der Waals surface area contributed by atoms with Crippen molar-refractivity contribution in [3.8, 4) is 6.07 Å². The molecule has 140 valence electrons. The van der Waals surface area contributed by atoms with Gasteiger partial charge in [0, 0.05) is 38.1 Å². The second-order valence-corrected chi connectivity index (χ2v) is 6.84. The van der Waals surface area contributed by atoms with Crippen LogP contribution in [0.2, 0.25) is 0 Å². The van der Waals surface area contributed by atoms with E-state index in [0.29, 0.717) is 17.3 Å². The van der Waals surface area contributed by atoms with E-state index in [0.717, 1.165) is 31.9 Å². The lowest BCUT2D eigenvalue weighted by atomic mass is 10.2. The van der Waals surface area contributed by atoms with Gasteiger partial charge in [0.1, 0.15) is 11.9 Å². The zero-order chi connectivity index (χ0) is 19.3. The highest BCUT2D eigenvalue weighted by Crippen LogP contribution is 2.22. The molecular formula is C22H22N6. The Morgan fingerprint density at radius 3 is 2.54 bits per heavy atom. The summed E-state index contributed by atoms with van der Waals surface area (Å²) in [6, 6.07) is 20.0. The highest BCUT2D eigenvalue weighted by atomic mass is 15.3. The van der Waals surface area contributed by atoms with E-state index in [1.54, 1.807) is 12.3 Å². The van der Waals surface area contributed by atoms with Crippen molar-refractivity contribution in [3.05, 3.63) is 71.9 Å². The number of nitriles is 1. The lowest BCUT2D eigenvalue weighted by Gasteiger charge is -2.36. The zero-order valence-corrected chi connectivity index (χ0v) is 15.8. The van der Waals surface area contributed by atoms with Crippen LogP contribution in [0, 0.1) is 18.3 Å². The quantitative estimate of drug-likeness (QED) is 0.755. The standard InChI is InChI=1S/C22H22N6/c1-17-5-4-7-19(15-17)27-11-13-28(14-12-27)22-24-10-9-21(26-22)25-20-8-3-2-6-18(20)16-23/h2-10,15H,11-14H2,1H3,(H,24,25,26). The summed E-state index contributed by atoms with van der Waals surface area (Å²) in [5.74, 6) is 1.40. The summed E-state index contributed by atoms with van der Waals surface area (Å²) < 4.78 is 0. The second kappa shape index (κ2) is 7.97. The maximum Gasteiger partial charge on any atom is 0.227 e. The maximum atomic E-state index is 9.26. The predicted octanol–water partition coefficient (Wildman–Crippen LogP) is 3.73. The SMILES string of the molecule is Cc1cccc(N2CCN(c3nccc(Nc4ccccc4C#N)n3)CC2)c1. The van der Waals surface area contributed by atoms with Crippen LogP contribution in [0.5, 0.6) is 0 Å². The van der Waals surface area contributed by atoms with Gasteiger partial charge in [-0.2, -0.15) is 10.2 Å². The molecule has 0 aliphatic carbocycles. The van der Waals surface area contributed by atoms with Crippen molar-refractivity contribution in [2.24, 2.45) is 0 Å². The normalized spacial score (nSPS) is 13.9. The number of hydrogen-bond acceptors (Lipinski definition) is 6. The number of rotatable bonds is 4. The molecule has 3 aromatic rings. The van der Waals surface area contributed by atoms with Crippen LogP contribution in [0.15, 0.2) is 60.8 Å². The molecule has 1 aliphatic heterocycles. The minimum Gasteiger partial charge on any atom is -0.368 e. The molecule has 2 heterocycles. The molecule has 6 heteroatoms. The summed E-state index contributed by atoms with van der Waals surface area (Å²) in [7, 11) is 0. The maximum absolute atomic E-state index is 9.26. The lowest BCUT2D eigenvalue weighted by Crippen LogP contribution is -2.47. The van der Waals surface area contributed by atoms with Crippen molar-refractivity contribution in [2.75, 3.05) is 41.3 Å². The molecule has 2 aromatic carbocycles. The van der Waals surface area contributed by atoms with Gasteiger partial charge in [0.2, 0.25) is 5.95 Å². The Morgan fingerprint density at radius 1 is 0.964 bits per heavy atom. The number of nitrogens with zero attached hydrogens (tertiary/aromatic N) is 5. The first-order valence-corrected chi connectivity index (χ1v) is 9.39. The van der Waals surface area contributed by atoms with Gasteiger partial charge in [-0.25, -0.2) is 4.98 Å². The number of benzene rings is 2. The molecule has 1 aliphatic rings. The lowest BCUT2D eigenvalue weighted by molar-refractivity contribution is 0.640. The summed E-state index contributed by atoms with van der Waals surface area (Å²) in [4.78, 5) is 13.7. The predicted molar refractivity (Wildman–Crippen MR) is 112 cm³/mol. The molecule has 1 aromatic heterocycles. The van der Waals surface area contributed by atoms with Gasteiger partial charge in [-0.15, -0.1) is 0 Å². The van der Waals surface area contributed by atoms with Gasteiger partial charge < -0.3 is 15.1 Å². The summed E-state index contributed by atoms with van der Waals surface area (Å²) in [6.45, 7) is 5.72. The van der Waals surface area contributed by atoms with E-state index in [9.17, 15) is 5.26 Å². The van der Waals surface area contributed by atoms with Crippen LogP contribution in [0.1, 0.15) is 11.1 Å². The van der Waals surface area contributed by atoms with Crippen molar-refractivity contribution in [2.45, 2.75) is 6.92 Å². The zero-order valence-electron chi connectivity index (χ0n) is 15.8. The highest BCUT2D eigenvalue weighted by molar-refractivity contribution is 5.64. The molecule has 1 N–H and O–H groups in total. The minimum absolute atomic E-state index is 0.592. The van der Waals surface area contributed by atoms with Crippen LogP contribution in [0.3, 0.4) is 0 Å². The second-order valence-electron chi connectivity index (χ2n) is 6.84. The molecule has 0 amide bonds. The van der Waals surface area contributed by atoms with E-state index < -0.39 is 0 Å². The smallest absolute Gasteiger partial charge is 0.227 e. The topological polar surface area (TPSA) is 68.1 Å². The van der Waals surface area contributed by atoms with Gasteiger partial charge >= 0.3 is 0 Å². The van der Waals surface area contributed by atoms with E-state index in [2.05, 4.69) is 62.3 Å². The van der Waals surface area contributed by atoms with Crippen molar-refractivity contribution in [3.63, 3.8) is 0 Å². The summed E-state index contributed by atoms with van der Waals surface area (Å²) >= 11 is 0. The van der Waals surface area contributed by atoms with Crippen LogP contribution in [0.4, 0.5) is 23.1 Å². The Morgan fingerprint density at radius 2 is 1.75 bits per heavy atom. The van der Waals surface area contributed by atoms with Crippen LogP contribution >= 0.6 is 0 Å². The van der Waals surface area contributed by atoms with E-state index in [4.69, 9.17) is 0 Å². The molecule has 0 saturated carbocycles. The number of hydrogen-bond donors (Lipinski definition) is 1. The number of para-hydroxylation sites is 1. The molecule has 4 rings (SSSR count). The molecular weight excluding hydrogens is 348 g/mol. The Hall–Kier alpha value is -3.59. The third kappa shape index (κ3) is 3.89. The fourth-order valence-corrected chi connectivity index (χ4v) is 3.39. The summed E-state index contributed by atoms with van der Waals surface area (Å²) in [5.41, 5.74) is 3.89. The van der Waals surface area contributed by atoms with Crippen molar-refractivity contribution >= 4 is 23.1 Å². The largest absolute Gasteiger partial charge is 0.368 e. The fourth-order valence-electron chi connectivity index (χ4n) is 3.39. The average molecular weight is 370 g/mol. The number of aryl methyl sites for hydroxylation is 1. The van der Waals surface area contributed by atoms with Gasteiger partial charge in [-0.05, 0) is 42.8 Å². The van der Waals surface area contributed by atoms with E-state index in [1.807, 2.05) is 24.3 Å². The molecule has 6 nitrogen and oxygen atoms in total. The number of nitrogens with one attached hydrogen (secondary N) is 1. The third-order valence-corrected chi connectivity index (χ3v) is 4.88. The van der Waals surface area contributed by atoms with Crippen LogP contribution in [-0.4, -0.2) is 36.1 Å². The first-order valence-electron chi connectivity index (χ1n) is 9.39.